The second-order valence-corrected chi connectivity index (χ2v) is 16.6. The van der Waals surface area contributed by atoms with Crippen LogP contribution in [0, 0.1) is 5.92 Å². The maximum absolute atomic E-state index is 13.7. The number of imide groups is 1. The van der Waals surface area contributed by atoms with Gasteiger partial charge in [-0.05, 0) is 80.8 Å². The van der Waals surface area contributed by atoms with E-state index in [9.17, 15) is 28.8 Å². The van der Waals surface area contributed by atoms with Crippen LogP contribution in [0.1, 0.15) is 101 Å². The minimum absolute atomic E-state index is 0.0236. The Morgan fingerprint density at radius 2 is 1.63 bits per heavy atom. The van der Waals surface area contributed by atoms with Crippen molar-refractivity contribution in [1.29, 1.82) is 0 Å². The number of amides is 4. The Bertz CT molecular complexity index is 2320. The highest BCUT2D eigenvalue weighted by Gasteiger charge is 2.64. The van der Waals surface area contributed by atoms with Crippen LogP contribution in [0.15, 0.2) is 55.4 Å². The second-order valence-electron chi connectivity index (χ2n) is 16.6. The quantitative estimate of drug-likeness (QED) is 0.130. The molecule has 314 valence electrons. The van der Waals surface area contributed by atoms with Gasteiger partial charge >= 0.3 is 0 Å². The molecule has 4 fully saturated rings. The third kappa shape index (κ3) is 7.05. The van der Waals surface area contributed by atoms with Gasteiger partial charge < -0.3 is 34.5 Å². The number of hydrogen-bond donors (Lipinski definition) is 2. The Morgan fingerprint density at radius 1 is 0.917 bits per heavy atom. The number of likely N-dealkylation sites (tertiary alicyclic amines) is 1. The third-order valence-electron chi connectivity index (χ3n) is 13.1. The van der Waals surface area contributed by atoms with Gasteiger partial charge in [-0.15, -0.1) is 0 Å². The predicted octanol–water partition coefficient (Wildman–Crippen LogP) is 4.96. The predicted molar refractivity (Wildman–Crippen MR) is 224 cm³/mol. The summed E-state index contributed by atoms with van der Waals surface area (Å²) in [5.41, 5.74) is 5.79. The van der Waals surface area contributed by atoms with E-state index in [2.05, 4.69) is 34.0 Å². The SMILES string of the molecule is C=C1c2c(ccn2C)C(c2cc(OC)c(CCCC(=O)NCCCC(=O)N3CCC(Nc4cccc5c4C(=O)N(C46CC(C4)C(=O)CC6=O)C5=O)CC3)c(OC)c2)=CN1C. The van der Waals surface area contributed by atoms with E-state index < -0.39 is 17.4 Å². The fraction of sp³-hybridized carbons (Fsp3) is 0.435. The van der Waals surface area contributed by atoms with Gasteiger partial charge in [0.1, 0.15) is 22.8 Å². The first-order valence-corrected chi connectivity index (χ1v) is 20.8. The molecule has 3 aromatic rings. The Morgan fingerprint density at radius 3 is 2.32 bits per heavy atom. The first-order valence-electron chi connectivity index (χ1n) is 20.8. The molecule has 14 nitrogen and oxygen atoms in total. The van der Waals surface area contributed by atoms with E-state index in [1.54, 1.807) is 32.4 Å². The fourth-order valence-electron chi connectivity index (χ4n) is 9.64. The van der Waals surface area contributed by atoms with Gasteiger partial charge in [-0.3, -0.25) is 33.7 Å². The Hall–Kier alpha value is -6.18. The highest BCUT2D eigenvalue weighted by Crippen LogP contribution is 2.52. The standard InChI is InChI=1S/C46H52N6O8/c1-27-43-31(16-18-49(43)2)34(26-50(27)3)28-21-37(59-4)32(38(22-28)60-5)9-7-12-40(55)47-17-8-13-41(56)51-19-14-30(15-20-51)48-35-11-6-10-33-42(35)45(58)52(44(33)57)46-24-29(25-46)36(53)23-39(46)54/h6,10-11,16,18,21-22,26,29-30,48H,1,7-9,12-15,17,19-20,23-25H2,2-5H3,(H,47,55). The molecule has 3 aliphatic heterocycles. The van der Waals surface area contributed by atoms with E-state index in [0.29, 0.717) is 81.8 Å². The van der Waals surface area contributed by atoms with Crippen LogP contribution in [0.2, 0.25) is 0 Å². The highest BCUT2D eigenvalue weighted by molar-refractivity contribution is 6.27. The summed E-state index contributed by atoms with van der Waals surface area (Å²) in [4.78, 5) is 83.1. The highest BCUT2D eigenvalue weighted by atomic mass is 16.5. The Labute approximate surface area is 349 Å². The van der Waals surface area contributed by atoms with Crippen LogP contribution < -0.4 is 20.1 Å². The molecule has 1 saturated heterocycles. The lowest BCUT2D eigenvalue weighted by molar-refractivity contribution is -0.153. The van der Waals surface area contributed by atoms with Crippen LogP contribution in [0.5, 0.6) is 11.5 Å². The minimum atomic E-state index is -1.22. The average molecular weight is 817 g/mol. The van der Waals surface area contributed by atoms with E-state index in [0.717, 1.165) is 38.6 Å². The van der Waals surface area contributed by atoms with Crippen LogP contribution in [-0.2, 0) is 32.6 Å². The number of ketones is 2. The number of methoxy groups -OCH3 is 2. The van der Waals surface area contributed by atoms with E-state index in [-0.39, 0.29) is 65.7 Å². The maximum Gasteiger partial charge on any atom is 0.264 e. The molecule has 0 atom stereocenters. The molecular weight excluding hydrogens is 765 g/mol. The van der Waals surface area contributed by atoms with Crippen LogP contribution in [0.25, 0.3) is 11.3 Å². The number of benzene rings is 2. The second kappa shape index (κ2) is 16.1. The van der Waals surface area contributed by atoms with Crippen molar-refractivity contribution in [2.45, 2.75) is 75.8 Å². The zero-order valence-electron chi connectivity index (χ0n) is 34.7. The lowest BCUT2D eigenvalue weighted by Crippen LogP contribution is -2.68. The van der Waals surface area contributed by atoms with E-state index in [1.165, 1.54) is 0 Å². The van der Waals surface area contributed by atoms with Crippen molar-refractivity contribution < 1.29 is 38.2 Å². The molecule has 2 N–H and O–H groups in total. The summed E-state index contributed by atoms with van der Waals surface area (Å²) in [6, 6.07) is 11.2. The maximum atomic E-state index is 13.7. The van der Waals surface area contributed by atoms with Gasteiger partial charge in [0.15, 0.2) is 5.78 Å². The molecule has 2 bridgehead atoms. The summed E-state index contributed by atoms with van der Waals surface area (Å²) in [7, 11) is 7.26. The number of nitrogens with one attached hydrogen (secondary N) is 2. The molecule has 0 unspecified atom stereocenters. The number of aryl methyl sites for hydroxylation is 1. The topological polar surface area (TPSA) is 160 Å². The normalized spacial score (nSPS) is 21.1. The number of nitrogens with zero attached hydrogens (tertiary/aromatic N) is 4. The van der Waals surface area contributed by atoms with Crippen molar-refractivity contribution >= 4 is 52.2 Å². The number of hydrogen-bond acceptors (Lipinski definition) is 10. The summed E-state index contributed by atoms with van der Waals surface area (Å²) in [5, 5.41) is 6.40. The lowest BCUT2D eigenvalue weighted by atomic mass is 9.57. The van der Waals surface area contributed by atoms with E-state index in [1.807, 2.05) is 42.2 Å². The number of carbonyl (C=O) groups excluding carboxylic acids is 6. The molecule has 6 aliphatic rings. The Balaban J connectivity index is 0.775. The van der Waals surface area contributed by atoms with Crippen LogP contribution in [0.3, 0.4) is 0 Å². The minimum Gasteiger partial charge on any atom is -0.496 e. The lowest BCUT2D eigenvalue weighted by Gasteiger charge is -2.53. The summed E-state index contributed by atoms with van der Waals surface area (Å²) >= 11 is 0. The number of carbonyl (C=O) groups is 6. The Kier molecular flexibility index (Phi) is 10.9. The van der Waals surface area contributed by atoms with Crippen molar-refractivity contribution in [2.75, 3.05) is 46.2 Å². The zero-order valence-corrected chi connectivity index (χ0v) is 34.7. The fourth-order valence-corrected chi connectivity index (χ4v) is 9.64. The number of ether oxygens (including phenoxy) is 2. The third-order valence-corrected chi connectivity index (χ3v) is 13.1. The number of rotatable bonds is 14. The van der Waals surface area contributed by atoms with Gasteiger partial charge in [0, 0.05) is 93.3 Å². The molecule has 0 radical (unpaired) electrons. The van der Waals surface area contributed by atoms with Crippen molar-refractivity contribution in [3.8, 4) is 11.5 Å². The van der Waals surface area contributed by atoms with Crippen molar-refractivity contribution in [3.63, 3.8) is 0 Å². The molecular formula is C46H52N6O8. The summed E-state index contributed by atoms with van der Waals surface area (Å²) in [5.74, 6) is -0.375. The van der Waals surface area contributed by atoms with Crippen LogP contribution >= 0.6 is 0 Å². The zero-order chi connectivity index (χ0) is 42.5. The van der Waals surface area contributed by atoms with Gasteiger partial charge in [-0.1, -0.05) is 12.6 Å². The first kappa shape index (κ1) is 40.6. The van der Waals surface area contributed by atoms with E-state index in [4.69, 9.17) is 9.47 Å². The first-order chi connectivity index (χ1) is 28.8. The van der Waals surface area contributed by atoms with Crippen LogP contribution in [0.4, 0.5) is 5.69 Å². The number of Topliss-reactive ketones (excluding diaryl/α,β-unsaturated/α-hetero) is 2. The van der Waals surface area contributed by atoms with Crippen LogP contribution in [-0.4, -0.2) is 107 Å². The molecule has 4 heterocycles. The molecule has 4 amide bonds. The van der Waals surface area contributed by atoms with Crippen molar-refractivity contribution in [3.05, 3.63) is 88.9 Å². The molecule has 3 saturated carbocycles. The van der Waals surface area contributed by atoms with Crippen molar-refractivity contribution in [1.82, 2.24) is 24.6 Å². The van der Waals surface area contributed by atoms with Gasteiger partial charge in [0.2, 0.25) is 11.8 Å². The number of fused-ring (bicyclic) bond motifs is 4. The van der Waals surface area contributed by atoms with Gasteiger partial charge in [0.05, 0.1) is 43.2 Å². The van der Waals surface area contributed by atoms with Gasteiger partial charge in [-0.2, -0.15) is 0 Å². The van der Waals surface area contributed by atoms with E-state index >= 15 is 0 Å². The number of aromatic nitrogens is 1. The number of piperidine rings is 1. The molecule has 3 aliphatic carbocycles. The summed E-state index contributed by atoms with van der Waals surface area (Å²) in [6.07, 6.45) is 7.92. The monoisotopic (exact) mass is 816 g/mol. The largest absolute Gasteiger partial charge is 0.496 e. The molecule has 14 heteroatoms. The van der Waals surface area contributed by atoms with Gasteiger partial charge in [-0.25, -0.2) is 0 Å². The molecule has 9 rings (SSSR count). The molecule has 60 heavy (non-hydrogen) atoms. The smallest absolute Gasteiger partial charge is 0.264 e. The number of anilines is 1. The van der Waals surface area contributed by atoms with Gasteiger partial charge in [0.25, 0.3) is 11.8 Å². The van der Waals surface area contributed by atoms with Crippen molar-refractivity contribution in [2.24, 2.45) is 13.0 Å². The summed E-state index contributed by atoms with van der Waals surface area (Å²) < 4.78 is 13.7. The molecule has 1 aromatic heterocycles. The molecule has 2 aromatic carbocycles. The summed E-state index contributed by atoms with van der Waals surface area (Å²) in [6.45, 7) is 5.72. The average Bonchev–Trinajstić information content (AvgIpc) is 3.73. The molecule has 0 spiro atoms.